The van der Waals surface area contributed by atoms with Crippen LogP contribution in [0.15, 0.2) is 71.3 Å². The molecule has 2 N–H and O–H groups in total. The Balaban J connectivity index is 1.92. The minimum absolute atomic E-state index is 0.0650. The summed E-state index contributed by atoms with van der Waals surface area (Å²) in [6, 6.07) is 9.57. The van der Waals surface area contributed by atoms with E-state index in [1.165, 1.54) is 25.4 Å². The van der Waals surface area contributed by atoms with Crippen molar-refractivity contribution in [1.29, 1.82) is 0 Å². The molecule has 166 valence electrons. The summed E-state index contributed by atoms with van der Waals surface area (Å²) < 4.78 is 5.00. The van der Waals surface area contributed by atoms with Crippen LogP contribution in [0.3, 0.4) is 0 Å². The van der Waals surface area contributed by atoms with Gasteiger partial charge in [0.1, 0.15) is 0 Å². The fourth-order valence-corrected chi connectivity index (χ4v) is 3.84. The second kappa shape index (κ2) is 9.86. The average molecular weight is 436 g/mol. The van der Waals surface area contributed by atoms with E-state index in [0.717, 1.165) is 11.3 Å². The molecule has 0 aliphatic carbocycles. The lowest BCUT2D eigenvalue weighted by Gasteiger charge is -2.31. The number of nitro groups is 1. The van der Waals surface area contributed by atoms with Crippen molar-refractivity contribution in [2.75, 3.05) is 13.7 Å². The van der Waals surface area contributed by atoms with Crippen LogP contribution in [0.1, 0.15) is 42.1 Å². The Morgan fingerprint density at radius 1 is 1.22 bits per heavy atom. The molecule has 2 aromatic rings. The van der Waals surface area contributed by atoms with Crippen LogP contribution in [0.5, 0.6) is 0 Å². The minimum atomic E-state index is -0.543. The lowest BCUT2D eigenvalue weighted by Crippen LogP contribution is -2.31. The summed E-state index contributed by atoms with van der Waals surface area (Å²) >= 11 is 0. The molecule has 3 rings (SSSR count). The number of methoxy groups -OCH3 is 1. The quantitative estimate of drug-likeness (QED) is 0.388. The summed E-state index contributed by atoms with van der Waals surface area (Å²) in [4.78, 5) is 39.8. The SMILES string of the molecule is COC(=O)C1=C(C)NC(C)=C(CCNC(=O)c2cccnc2)C1c1cccc([N+](=O)[O-])c1. The smallest absolute Gasteiger partial charge is 0.336 e. The molecule has 1 aromatic heterocycles. The number of carbonyl (C=O) groups is 2. The predicted molar refractivity (Wildman–Crippen MR) is 118 cm³/mol. The van der Waals surface area contributed by atoms with Crippen LogP contribution in [-0.4, -0.2) is 35.4 Å². The third-order valence-electron chi connectivity index (χ3n) is 5.32. The zero-order chi connectivity index (χ0) is 23.3. The van der Waals surface area contributed by atoms with E-state index in [-0.39, 0.29) is 11.6 Å². The van der Waals surface area contributed by atoms with E-state index in [1.807, 2.05) is 6.92 Å². The molecule has 0 saturated carbocycles. The molecule has 1 unspecified atom stereocenters. The summed E-state index contributed by atoms with van der Waals surface area (Å²) in [5.74, 6) is -1.32. The first kappa shape index (κ1) is 22.7. The standard InChI is InChI=1S/C23H24N4O5/c1-14-19(9-11-25-22(28)17-7-5-10-24-13-17)21(20(15(2)26-14)23(29)32-3)16-6-4-8-18(12-16)27(30)31/h4-8,10,12-13,21,26H,9,11H2,1-3H3,(H,25,28). The van der Waals surface area contributed by atoms with Gasteiger partial charge in [-0.25, -0.2) is 4.79 Å². The van der Waals surface area contributed by atoms with E-state index in [4.69, 9.17) is 4.74 Å². The van der Waals surface area contributed by atoms with Crippen molar-refractivity contribution in [3.8, 4) is 0 Å². The van der Waals surface area contributed by atoms with Crippen LogP contribution in [0.2, 0.25) is 0 Å². The molecule has 0 bridgehead atoms. The van der Waals surface area contributed by atoms with Gasteiger partial charge < -0.3 is 15.4 Å². The minimum Gasteiger partial charge on any atom is -0.466 e. The number of amides is 1. The van der Waals surface area contributed by atoms with E-state index in [9.17, 15) is 19.7 Å². The van der Waals surface area contributed by atoms with Crippen LogP contribution < -0.4 is 10.6 Å². The molecule has 0 radical (unpaired) electrons. The Morgan fingerprint density at radius 3 is 2.66 bits per heavy atom. The number of esters is 1. The highest BCUT2D eigenvalue weighted by Crippen LogP contribution is 2.40. The van der Waals surface area contributed by atoms with E-state index in [1.54, 1.807) is 37.4 Å². The van der Waals surface area contributed by atoms with Crippen LogP contribution in [0, 0.1) is 10.1 Å². The van der Waals surface area contributed by atoms with E-state index in [0.29, 0.717) is 35.4 Å². The first-order chi connectivity index (χ1) is 15.3. The van der Waals surface area contributed by atoms with Crippen molar-refractivity contribution in [1.82, 2.24) is 15.6 Å². The van der Waals surface area contributed by atoms with E-state index < -0.39 is 16.8 Å². The van der Waals surface area contributed by atoms with E-state index in [2.05, 4.69) is 15.6 Å². The summed E-state index contributed by atoms with van der Waals surface area (Å²) in [6.07, 6.45) is 3.49. The van der Waals surface area contributed by atoms with Gasteiger partial charge in [0.05, 0.1) is 23.2 Å². The first-order valence-corrected chi connectivity index (χ1v) is 10.0. The molecule has 0 fully saturated rings. The van der Waals surface area contributed by atoms with Gasteiger partial charge in [-0.2, -0.15) is 0 Å². The third kappa shape index (κ3) is 4.83. The van der Waals surface area contributed by atoms with Gasteiger partial charge in [0.2, 0.25) is 0 Å². The highest BCUT2D eigenvalue weighted by atomic mass is 16.6. The van der Waals surface area contributed by atoms with Gasteiger partial charge in [-0.1, -0.05) is 12.1 Å². The fraction of sp³-hybridized carbons (Fsp3) is 0.261. The number of ether oxygens (including phenoxy) is 1. The lowest BCUT2D eigenvalue weighted by atomic mass is 9.79. The molecular formula is C23H24N4O5. The number of nitrogens with zero attached hydrogens (tertiary/aromatic N) is 2. The molecule has 1 atom stereocenters. The number of nitrogens with one attached hydrogen (secondary N) is 2. The molecule has 1 amide bonds. The number of hydrogen-bond donors (Lipinski definition) is 2. The summed E-state index contributed by atoms with van der Waals surface area (Å²) in [6.45, 7) is 3.95. The van der Waals surface area contributed by atoms with Crippen molar-refractivity contribution in [3.63, 3.8) is 0 Å². The molecule has 0 saturated heterocycles. The largest absolute Gasteiger partial charge is 0.466 e. The first-order valence-electron chi connectivity index (χ1n) is 10.0. The number of pyridine rings is 1. The van der Waals surface area contributed by atoms with Crippen LogP contribution >= 0.6 is 0 Å². The summed E-state index contributed by atoms with van der Waals surface area (Å²) in [5.41, 5.74) is 3.64. The maximum atomic E-state index is 12.6. The van der Waals surface area contributed by atoms with Crippen LogP contribution in [0.25, 0.3) is 0 Å². The van der Waals surface area contributed by atoms with Gasteiger partial charge in [-0.15, -0.1) is 0 Å². The zero-order valence-electron chi connectivity index (χ0n) is 18.0. The molecular weight excluding hydrogens is 412 g/mol. The second-order valence-corrected chi connectivity index (χ2v) is 7.34. The van der Waals surface area contributed by atoms with Crippen molar-refractivity contribution in [2.24, 2.45) is 0 Å². The number of nitro benzene ring substituents is 1. The van der Waals surface area contributed by atoms with Gasteiger partial charge in [0.15, 0.2) is 0 Å². The number of dihydropyridines is 1. The van der Waals surface area contributed by atoms with Crippen LogP contribution in [0.4, 0.5) is 5.69 Å². The fourth-order valence-electron chi connectivity index (χ4n) is 3.84. The van der Waals surface area contributed by atoms with Gasteiger partial charge in [0, 0.05) is 48.4 Å². The van der Waals surface area contributed by atoms with Gasteiger partial charge in [0.25, 0.3) is 11.6 Å². The Labute approximate surface area is 185 Å². The van der Waals surface area contributed by atoms with Crippen molar-refractivity contribution in [2.45, 2.75) is 26.2 Å². The Morgan fingerprint density at radius 2 is 2.00 bits per heavy atom. The molecule has 2 heterocycles. The third-order valence-corrected chi connectivity index (χ3v) is 5.32. The van der Waals surface area contributed by atoms with Gasteiger partial charge in [-0.3, -0.25) is 19.9 Å². The average Bonchev–Trinajstić information content (AvgIpc) is 2.80. The van der Waals surface area contributed by atoms with Crippen molar-refractivity contribution >= 4 is 17.6 Å². The predicted octanol–water partition coefficient (Wildman–Crippen LogP) is 3.22. The summed E-state index contributed by atoms with van der Waals surface area (Å²) in [5, 5.41) is 17.4. The van der Waals surface area contributed by atoms with Gasteiger partial charge >= 0.3 is 5.97 Å². The molecule has 1 aliphatic heterocycles. The number of allylic oxidation sites excluding steroid dienone is 2. The van der Waals surface area contributed by atoms with Crippen LogP contribution in [-0.2, 0) is 9.53 Å². The molecule has 9 heteroatoms. The second-order valence-electron chi connectivity index (χ2n) is 7.34. The lowest BCUT2D eigenvalue weighted by molar-refractivity contribution is -0.384. The van der Waals surface area contributed by atoms with E-state index >= 15 is 0 Å². The molecule has 1 aromatic carbocycles. The Hall–Kier alpha value is -4.01. The maximum Gasteiger partial charge on any atom is 0.336 e. The molecule has 32 heavy (non-hydrogen) atoms. The number of aromatic nitrogens is 1. The highest BCUT2D eigenvalue weighted by Gasteiger charge is 2.34. The molecule has 9 nitrogen and oxygen atoms in total. The number of carbonyl (C=O) groups excluding carboxylic acids is 2. The molecule has 0 spiro atoms. The number of benzene rings is 1. The number of hydrogen-bond acceptors (Lipinski definition) is 7. The Kier molecular flexibility index (Phi) is 6.99. The van der Waals surface area contributed by atoms with Crippen molar-refractivity contribution in [3.05, 3.63) is 92.6 Å². The summed E-state index contributed by atoms with van der Waals surface area (Å²) in [7, 11) is 1.30. The number of rotatable bonds is 7. The monoisotopic (exact) mass is 436 g/mol. The maximum absolute atomic E-state index is 12.6. The zero-order valence-corrected chi connectivity index (χ0v) is 18.0. The normalized spacial score (nSPS) is 15.8. The van der Waals surface area contributed by atoms with Crippen molar-refractivity contribution < 1.29 is 19.2 Å². The number of non-ortho nitro benzene ring substituents is 1. The molecule has 1 aliphatic rings. The Bertz CT molecular complexity index is 1110. The van der Waals surface area contributed by atoms with Gasteiger partial charge in [-0.05, 0) is 43.5 Å². The highest BCUT2D eigenvalue weighted by molar-refractivity contribution is 5.94. The topological polar surface area (TPSA) is 123 Å².